The molecule has 3 aromatic rings. The lowest BCUT2D eigenvalue weighted by Crippen LogP contribution is -2.70. The molecule has 0 fully saturated rings. The van der Waals surface area contributed by atoms with Crippen molar-refractivity contribution in [2.45, 2.75) is 6.92 Å². The number of nitrogens with one attached hydrogen (secondary N) is 1. The van der Waals surface area contributed by atoms with Gasteiger partial charge in [0.05, 0.1) is 0 Å². The molecule has 0 saturated heterocycles. The Morgan fingerprint density at radius 2 is 1.04 bits per heavy atom. The molecule has 1 N–H and O–H groups in total. The lowest BCUT2D eigenvalue weighted by atomic mass is 10.3. The molecule has 0 bridgehead atoms. The third-order valence-corrected chi connectivity index (χ3v) is 7.77. The van der Waals surface area contributed by atoms with E-state index in [0.29, 0.717) is 0 Å². The summed E-state index contributed by atoms with van der Waals surface area (Å²) in [5.41, 5.74) is 3.84. The highest BCUT2D eigenvalue weighted by atomic mass is 28.4. The van der Waals surface area contributed by atoms with Gasteiger partial charge in [-0.15, -0.1) is 0 Å². The first-order valence-electron chi connectivity index (χ1n) is 7.99. The molecule has 0 atom stereocenters. The molecule has 0 aliphatic heterocycles. The summed E-state index contributed by atoms with van der Waals surface area (Å²) in [4.78, 5) is 0. The van der Waals surface area contributed by atoms with Gasteiger partial charge in [-0.25, -0.2) is 0 Å². The summed E-state index contributed by atoms with van der Waals surface area (Å²) in [7, 11) is -2.66. The number of allylic oxidation sites excluding steroid dienone is 1. The predicted octanol–water partition coefficient (Wildman–Crippen LogP) is 2.71. The second-order valence-electron chi connectivity index (χ2n) is 5.76. The van der Waals surface area contributed by atoms with Crippen LogP contribution in [0.15, 0.2) is 103 Å². The second-order valence-corrected chi connectivity index (χ2v) is 9.06. The fourth-order valence-electron chi connectivity index (χ4n) is 2.86. The zero-order chi connectivity index (χ0) is 16.8. The quantitative estimate of drug-likeness (QED) is 0.426. The van der Waals surface area contributed by atoms with E-state index in [1.54, 1.807) is 0 Å². The molecular weight excluding hydrogens is 310 g/mol. The summed E-state index contributed by atoms with van der Waals surface area (Å²) in [6.07, 6.45) is 0. The van der Waals surface area contributed by atoms with E-state index in [9.17, 15) is 0 Å². The fraction of sp³-hybridized carbons (Fsp3) is 0.0476. The van der Waals surface area contributed by atoms with Crippen LogP contribution in [0.5, 0.6) is 0 Å². The van der Waals surface area contributed by atoms with Crippen LogP contribution in [-0.2, 0) is 4.53 Å². The molecule has 120 valence electrons. The third-order valence-electron chi connectivity index (χ3n) is 3.92. The van der Waals surface area contributed by atoms with Crippen LogP contribution in [0, 0.1) is 0 Å². The Kier molecular flexibility index (Phi) is 4.94. The maximum absolute atomic E-state index is 6.44. The molecule has 2 nitrogen and oxygen atoms in total. The average Bonchev–Trinajstić information content (AvgIpc) is 2.65. The molecule has 0 aliphatic rings. The zero-order valence-electron chi connectivity index (χ0n) is 13.8. The Labute approximate surface area is 144 Å². The van der Waals surface area contributed by atoms with E-state index < -0.39 is 8.32 Å². The molecule has 24 heavy (non-hydrogen) atoms. The largest absolute Gasteiger partial charge is 0.321 e. The van der Waals surface area contributed by atoms with Crippen LogP contribution in [0.4, 0.5) is 0 Å². The van der Waals surface area contributed by atoms with Gasteiger partial charge in [0, 0.05) is 5.70 Å². The van der Waals surface area contributed by atoms with Crippen LogP contribution in [-0.4, -0.2) is 8.32 Å². The summed E-state index contributed by atoms with van der Waals surface area (Å²) >= 11 is 0. The lowest BCUT2D eigenvalue weighted by molar-refractivity contribution is 0.232. The number of hydrogen-bond donors (Lipinski definition) is 1. The highest BCUT2D eigenvalue weighted by Crippen LogP contribution is 2.09. The number of benzene rings is 3. The summed E-state index contributed by atoms with van der Waals surface area (Å²) in [5.74, 6) is 0. The highest BCUT2D eigenvalue weighted by molar-refractivity contribution is 7.07. The van der Waals surface area contributed by atoms with Crippen molar-refractivity contribution in [1.82, 2.24) is 5.48 Å². The van der Waals surface area contributed by atoms with Crippen LogP contribution in [0.3, 0.4) is 0 Å². The van der Waals surface area contributed by atoms with Gasteiger partial charge in [0.1, 0.15) is 0 Å². The van der Waals surface area contributed by atoms with Crippen molar-refractivity contribution < 1.29 is 4.53 Å². The van der Waals surface area contributed by atoms with Gasteiger partial charge < -0.3 is 4.53 Å². The molecule has 0 aliphatic carbocycles. The van der Waals surface area contributed by atoms with Gasteiger partial charge in [-0.1, -0.05) is 97.6 Å². The van der Waals surface area contributed by atoms with E-state index in [2.05, 4.69) is 84.9 Å². The molecule has 0 radical (unpaired) electrons. The van der Waals surface area contributed by atoms with Crippen molar-refractivity contribution in [2.75, 3.05) is 0 Å². The Bertz CT molecular complexity index is 691. The Hall–Kier alpha value is -2.62. The minimum atomic E-state index is -2.66. The monoisotopic (exact) mass is 331 g/mol. The van der Waals surface area contributed by atoms with Crippen LogP contribution >= 0.6 is 0 Å². The first kappa shape index (κ1) is 16.2. The maximum atomic E-state index is 6.44. The van der Waals surface area contributed by atoms with Crippen molar-refractivity contribution >= 4 is 23.9 Å². The van der Waals surface area contributed by atoms with Gasteiger partial charge in [0.25, 0.3) is 0 Å². The highest BCUT2D eigenvalue weighted by Gasteiger charge is 2.43. The summed E-state index contributed by atoms with van der Waals surface area (Å²) in [6, 6.07) is 31.3. The van der Waals surface area contributed by atoms with E-state index >= 15 is 0 Å². The molecular formula is C21H21NOSi. The average molecular weight is 331 g/mol. The van der Waals surface area contributed by atoms with Gasteiger partial charge in [-0.05, 0) is 22.5 Å². The lowest BCUT2D eigenvalue weighted by Gasteiger charge is -2.32. The topological polar surface area (TPSA) is 21.3 Å². The molecule has 0 unspecified atom stereocenters. The molecule has 0 aromatic heterocycles. The van der Waals surface area contributed by atoms with Crippen LogP contribution in [0.25, 0.3) is 0 Å². The SMILES string of the molecule is C=C(C)NO[Si](c1ccccc1)(c1ccccc1)c1ccccc1. The van der Waals surface area contributed by atoms with Crippen LogP contribution < -0.4 is 21.0 Å². The Morgan fingerprint density at radius 3 is 1.33 bits per heavy atom. The van der Waals surface area contributed by atoms with Crippen molar-refractivity contribution in [1.29, 1.82) is 0 Å². The molecule has 3 aromatic carbocycles. The smallest absolute Gasteiger partial charge is 0.305 e. The normalized spacial score (nSPS) is 11.0. The van der Waals surface area contributed by atoms with Crippen molar-refractivity contribution in [3.8, 4) is 0 Å². The molecule has 0 amide bonds. The van der Waals surface area contributed by atoms with E-state index in [4.69, 9.17) is 4.53 Å². The molecule has 0 heterocycles. The number of hydroxylamine groups is 1. The first-order valence-corrected chi connectivity index (χ1v) is 9.90. The van der Waals surface area contributed by atoms with Crippen LogP contribution in [0.1, 0.15) is 6.92 Å². The zero-order valence-corrected chi connectivity index (χ0v) is 14.8. The number of rotatable bonds is 6. The van der Waals surface area contributed by atoms with Gasteiger partial charge in [-0.2, -0.15) is 0 Å². The summed E-state index contributed by atoms with van der Waals surface area (Å²) < 4.78 is 6.44. The molecule has 0 spiro atoms. The van der Waals surface area contributed by atoms with Gasteiger partial charge in [0.15, 0.2) is 0 Å². The summed E-state index contributed by atoms with van der Waals surface area (Å²) in [5, 5.41) is 3.57. The van der Waals surface area contributed by atoms with E-state index in [-0.39, 0.29) is 0 Å². The summed E-state index contributed by atoms with van der Waals surface area (Å²) in [6.45, 7) is 5.83. The van der Waals surface area contributed by atoms with E-state index in [1.807, 2.05) is 25.1 Å². The second kappa shape index (κ2) is 7.30. The van der Waals surface area contributed by atoms with E-state index in [0.717, 1.165) is 5.70 Å². The third kappa shape index (κ3) is 3.18. The minimum Gasteiger partial charge on any atom is -0.305 e. The van der Waals surface area contributed by atoms with Crippen LogP contribution in [0.2, 0.25) is 0 Å². The predicted molar refractivity (Wildman–Crippen MR) is 103 cm³/mol. The first-order chi connectivity index (χ1) is 11.7. The molecule has 3 heteroatoms. The fourth-order valence-corrected chi connectivity index (χ4v) is 6.53. The number of hydrogen-bond acceptors (Lipinski definition) is 2. The minimum absolute atomic E-state index is 0.787. The van der Waals surface area contributed by atoms with E-state index in [1.165, 1.54) is 15.6 Å². The molecule has 0 saturated carbocycles. The van der Waals surface area contributed by atoms with Crippen molar-refractivity contribution in [2.24, 2.45) is 0 Å². The standard InChI is InChI=1S/C21H21NOSi/c1-18(2)22-23-24(19-12-6-3-7-13-19,20-14-8-4-9-15-20)21-16-10-5-11-17-21/h3-17,22H,1H2,2H3. The molecule has 3 rings (SSSR count). The van der Waals surface area contributed by atoms with Gasteiger partial charge in [-0.3, -0.25) is 5.48 Å². The van der Waals surface area contributed by atoms with Gasteiger partial charge >= 0.3 is 8.32 Å². The Balaban J connectivity index is 2.26. The van der Waals surface area contributed by atoms with Gasteiger partial charge in [0.2, 0.25) is 0 Å². The maximum Gasteiger partial charge on any atom is 0.321 e. The Morgan fingerprint density at radius 1 is 0.708 bits per heavy atom. The van der Waals surface area contributed by atoms with Crippen molar-refractivity contribution in [3.05, 3.63) is 103 Å². The van der Waals surface area contributed by atoms with Crippen molar-refractivity contribution in [3.63, 3.8) is 0 Å².